The average Bonchev–Trinajstić information content (AvgIpc) is 2.78. The summed E-state index contributed by atoms with van der Waals surface area (Å²) < 4.78 is 26.1. The predicted octanol–water partition coefficient (Wildman–Crippen LogP) is 5.94. The van der Waals surface area contributed by atoms with Crippen LogP contribution in [-0.2, 0) is 16.1 Å². The molecular weight excluding hydrogens is 423 g/mol. The van der Waals surface area contributed by atoms with Gasteiger partial charge in [-0.05, 0) is 70.8 Å². The van der Waals surface area contributed by atoms with E-state index in [9.17, 15) is 9.59 Å². The molecule has 7 heteroatoms. The van der Waals surface area contributed by atoms with Crippen LogP contribution in [0.3, 0.4) is 0 Å². The normalized spacial score (nSPS) is 19.3. The number of benzene rings is 1. The summed E-state index contributed by atoms with van der Waals surface area (Å²) in [6, 6.07) is 9.69. The summed E-state index contributed by atoms with van der Waals surface area (Å²) in [5.74, 6) is 0.522. The van der Waals surface area contributed by atoms with Crippen LogP contribution in [0.1, 0.15) is 71.3 Å². The topological polar surface area (TPSA) is 59.1 Å². The fourth-order valence-corrected chi connectivity index (χ4v) is 4.59. The van der Waals surface area contributed by atoms with Crippen LogP contribution < -0.4 is 0 Å². The monoisotopic (exact) mass is 462 g/mol. The first-order valence-corrected chi connectivity index (χ1v) is 12.3. The Morgan fingerprint density at radius 3 is 2.21 bits per heavy atom. The van der Waals surface area contributed by atoms with Crippen molar-refractivity contribution < 1.29 is 23.5 Å². The molecule has 1 aromatic carbocycles. The molecule has 2 aliphatic heterocycles. The van der Waals surface area contributed by atoms with Gasteiger partial charge in [0, 0.05) is 26.2 Å². The second kappa shape index (κ2) is 11.2. The summed E-state index contributed by atoms with van der Waals surface area (Å²) in [7, 11) is 0. The van der Waals surface area contributed by atoms with Gasteiger partial charge in [0.25, 0.3) is 0 Å². The lowest BCUT2D eigenvalue weighted by atomic mass is 9.85. The Hall–Kier alpha value is -2.31. The third-order valence-electron chi connectivity index (χ3n) is 6.63. The third kappa shape index (κ3) is 8.20. The highest BCUT2D eigenvalue weighted by atomic mass is 19.1. The molecule has 6 nitrogen and oxygen atoms in total. The van der Waals surface area contributed by atoms with Gasteiger partial charge >= 0.3 is 12.2 Å². The van der Waals surface area contributed by atoms with Gasteiger partial charge in [-0.15, -0.1) is 0 Å². The Balaban J connectivity index is 1.30. The highest BCUT2D eigenvalue weighted by Gasteiger charge is 2.37. The molecule has 0 aromatic heterocycles. The van der Waals surface area contributed by atoms with Crippen LogP contribution in [0.15, 0.2) is 30.3 Å². The van der Waals surface area contributed by atoms with Crippen molar-refractivity contribution in [3.8, 4) is 0 Å². The van der Waals surface area contributed by atoms with Crippen LogP contribution >= 0.6 is 0 Å². The van der Waals surface area contributed by atoms with Gasteiger partial charge < -0.3 is 19.3 Å². The lowest BCUT2D eigenvalue weighted by molar-refractivity contribution is 0.000620. The van der Waals surface area contributed by atoms with Gasteiger partial charge in [0.15, 0.2) is 0 Å². The van der Waals surface area contributed by atoms with Gasteiger partial charge in [0.1, 0.15) is 17.9 Å². The zero-order valence-corrected chi connectivity index (χ0v) is 20.4. The van der Waals surface area contributed by atoms with Gasteiger partial charge in [-0.1, -0.05) is 36.8 Å². The van der Waals surface area contributed by atoms with E-state index in [2.05, 4.69) is 0 Å². The molecule has 0 aliphatic carbocycles. The molecular formula is C26H39FN2O4. The molecule has 2 fully saturated rings. The Morgan fingerprint density at radius 2 is 1.61 bits per heavy atom. The number of halogens is 1. The van der Waals surface area contributed by atoms with Gasteiger partial charge in [-0.3, -0.25) is 0 Å². The van der Waals surface area contributed by atoms with E-state index in [4.69, 9.17) is 9.47 Å². The van der Waals surface area contributed by atoms with Crippen LogP contribution in [0.4, 0.5) is 14.0 Å². The largest absolute Gasteiger partial charge is 0.445 e. The minimum Gasteiger partial charge on any atom is -0.445 e. The number of hydrogen-bond acceptors (Lipinski definition) is 4. The summed E-state index contributed by atoms with van der Waals surface area (Å²) in [5.41, 5.74) is -0.742. The first-order chi connectivity index (χ1) is 15.6. The number of carbonyl (C=O) groups excluding carboxylic acids is 2. The summed E-state index contributed by atoms with van der Waals surface area (Å²) in [6.45, 7) is 8.03. The summed E-state index contributed by atoms with van der Waals surface area (Å²) >= 11 is 0. The van der Waals surface area contributed by atoms with E-state index >= 15 is 4.39 Å². The average molecular weight is 463 g/mol. The standard InChI is InChI=1S/C26H39FN2O4/c1-25(2,3)33-24(31)29-18-14-26(27,15-19-29)13-7-10-21-11-16-28(17-12-21)23(30)32-20-22-8-5-4-6-9-22/h4-6,8-9,21H,7,10-20H2,1-3H3. The maximum absolute atomic E-state index is 15.2. The van der Waals surface area contributed by atoms with E-state index in [0.717, 1.165) is 31.2 Å². The van der Waals surface area contributed by atoms with E-state index < -0.39 is 11.3 Å². The van der Waals surface area contributed by atoms with Crippen LogP contribution in [0.2, 0.25) is 0 Å². The molecule has 2 aliphatic rings. The summed E-state index contributed by atoms with van der Waals surface area (Å²) in [5, 5.41) is 0. The first-order valence-electron chi connectivity index (χ1n) is 12.3. The molecule has 1 aromatic rings. The molecule has 2 heterocycles. The molecule has 2 saturated heterocycles. The Bertz CT molecular complexity index is 764. The van der Waals surface area contributed by atoms with Crippen molar-refractivity contribution in [1.82, 2.24) is 9.80 Å². The smallest absolute Gasteiger partial charge is 0.410 e. The van der Waals surface area contributed by atoms with E-state index in [1.54, 1.807) is 9.80 Å². The Morgan fingerprint density at radius 1 is 1.00 bits per heavy atom. The molecule has 3 rings (SSSR count). The number of amides is 2. The number of carbonyl (C=O) groups is 2. The number of hydrogen-bond donors (Lipinski definition) is 0. The van der Waals surface area contributed by atoms with Gasteiger partial charge in [-0.25, -0.2) is 14.0 Å². The number of piperidine rings is 2. The number of ether oxygens (including phenoxy) is 2. The van der Waals surface area contributed by atoms with E-state index in [-0.39, 0.29) is 12.2 Å². The molecule has 0 unspecified atom stereocenters. The number of likely N-dealkylation sites (tertiary alicyclic amines) is 2. The second-order valence-electron chi connectivity index (χ2n) is 10.5. The molecule has 0 N–H and O–H groups in total. The lowest BCUT2D eigenvalue weighted by Gasteiger charge is -2.37. The zero-order chi connectivity index (χ0) is 23.9. The minimum atomic E-state index is -1.19. The van der Waals surface area contributed by atoms with Crippen LogP contribution in [0, 0.1) is 5.92 Å². The predicted molar refractivity (Wildman–Crippen MR) is 126 cm³/mol. The van der Waals surface area contributed by atoms with E-state index in [0.29, 0.717) is 58.0 Å². The van der Waals surface area contributed by atoms with Crippen LogP contribution in [0.25, 0.3) is 0 Å². The molecule has 0 spiro atoms. The molecule has 0 bridgehead atoms. The second-order valence-corrected chi connectivity index (χ2v) is 10.5. The van der Waals surface area contributed by atoms with Crippen molar-refractivity contribution in [2.24, 2.45) is 5.92 Å². The van der Waals surface area contributed by atoms with Crippen LogP contribution in [-0.4, -0.2) is 59.4 Å². The lowest BCUT2D eigenvalue weighted by Crippen LogP contribution is -2.46. The third-order valence-corrected chi connectivity index (χ3v) is 6.63. The summed E-state index contributed by atoms with van der Waals surface area (Å²) in [6.07, 6.45) is 4.37. The van der Waals surface area contributed by atoms with Crippen molar-refractivity contribution in [2.45, 2.75) is 83.6 Å². The fraction of sp³-hybridized carbons (Fsp3) is 0.692. The Kier molecular flexibility index (Phi) is 8.60. The van der Waals surface area contributed by atoms with Crippen molar-refractivity contribution >= 4 is 12.2 Å². The van der Waals surface area contributed by atoms with Crippen LogP contribution in [0.5, 0.6) is 0 Å². The van der Waals surface area contributed by atoms with Crippen molar-refractivity contribution in [3.63, 3.8) is 0 Å². The SMILES string of the molecule is CC(C)(C)OC(=O)N1CCC(F)(CCCC2CCN(C(=O)OCc3ccccc3)CC2)CC1. The Labute approximate surface area is 197 Å². The highest BCUT2D eigenvalue weighted by Crippen LogP contribution is 2.34. The fourth-order valence-electron chi connectivity index (χ4n) is 4.59. The quantitative estimate of drug-likeness (QED) is 0.525. The number of alkyl halides is 1. The minimum absolute atomic E-state index is 0.253. The highest BCUT2D eigenvalue weighted by molar-refractivity contribution is 5.68. The molecule has 33 heavy (non-hydrogen) atoms. The molecule has 0 saturated carbocycles. The maximum Gasteiger partial charge on any atom is 0.410 e. The molecule has 184 valence electrons. The van der Waals surface area contributed by atoms with Gasteiger partial charge in [-0.2, -0.15) is 0 Å². The number of rotatable bonds is 6. The van der Waals surface area contributed by atoms with Gasteiger partial charge in [0.05, 0.1) is 0 Å². The van der Waals surface area contributed by atoms with Crippen molar-refractivity contribution in [3.05, 3.63) is 35.9 Å². The molecule has 0 radical (unpaired) electrons. The van der Waals surface area contributed by atoms with E-state index in [1.807, 2.05) is 51.1 Å². The summed E-state index contributed by atoms with van der Waals surface area (Å²) in [4.78, 5) is 27.9. The number of nitrogens with zero attached hydrogens (tertiary/aromatic N) is 2. The molecule has 0 atom stereocenters. The van der Waals surface area contributed by atoms with Crippen molar-refractivity contribution in [1.29, 1.82) is 0 Å². The van der Waals surface area contributed by atoms with Gasteiger partial charge in [0.2, 0.25) is 0 Å². The van der Waals surface area contributed by atoms with Crippen molar-refractivity contribution in [2.75, 3.05) is 26.2 Å². The molecule has 2 amide bonds. The first kappa shape index (κ1) is 25.3. The van der Waals surface area contributed by atoms with E-state index in [1.165, 1.54) is 0 Å². The zero-order valence-electron chi connectivity index (χ0n) is 20.4. The maximum atomic E-state index is 15.2.